The molecule has 0 saturated carbocycles. The quantitative estimate of drug-likeness (QED) is 0.499. The third-order valence-electron chi connectivity index (χ3n) is 6.09. The molecule has 6 nitrogen and oxygen atoms in total. The van der Waals surface area contributed by atoms with Crippen LogP contribution in [0.1, 0.15) is 48.9 Å². The maximum atomic E-state index is 14.2. The molecule has 0 N–H and O–H groups in total. The molecule has 0 fully saturated rings. The van der Waals surface area contributed by atoms with Crippen LogP contribution in [0.4, 0.5) is 10.5 Å². The van der Waals surface area contributed by atoms with Crippen LogP contribution >= 0.6 is 0 Å². The van der Waals surface area contributed by atoms with E-state index in [2.05, 4.69) is 5.16 Å². The molecule has 2 aliphatic heterocycles. The van der Waals surface area contributed by atoms with Crippen LogP contribution in [-0.2, 0) is 20.0 Å². The van der Waals surface area contributed by atoms with Gasteiger partial charge in [0.05, 0.1) is 17.3 Å². The highest BCUT2D eigenvalue weighted by Gasteiger charge is 2.65. The lowest BCUT2D eigenvalue weighted by atomic mass is 9.74. The SMILES string of the molecule is Cc1ccc(C2=NOC3(C(=O)N(C(=O)OC(C)(C)C)c4ccccc43)C2c2ccccc2)cc1. The summed E-state index contributed by atoms with van der Waals surface area (Å²) in [5.41, 5.74) is 2.24. The van der Waals surface area contributed by atoms with Crippen molar-refractivity contribution in [3.63, 3.8) is 0 Å². The monoisotopic (exact) mass is 454 g/mol. The van der Waals surface area contributed by atoms with Crippen LogP contribution in [0, 0.1) is 6.92 Å². The minimum atomic E-state index is -1.52. The smallest absolute Gasteiger partial charge is 0.421 e. The molecule has 2 aliphatic rings. The fraction of sp³-hybridized carbons (Fsp3) is 0.250. The number of nitrogens with zero attached hydrogens (tertiary/aromatic N) is 2. The third-order valence-corrected chi connectivity index (χ3v) is 6.09. The van der Waals surface area contributed by atoms with Crippen molar-refractivity contribution < 1.29 is 19.2 Å². The Labute approximate surface area is 198 Å². The predicted molar refractivity (Wildman–Crippen MR) is 130 cm³/mol. The number of benzene rings is 3. The summed E-state index contributed by atoms with van der Waals surface area (Å²) in [7, 11) is 0. The Morgan fingerprint density at radius 1 is 0.971 bits per heavy atom. The fourth-order valence-corrected chi connectivity index (χ4v) is 4.63. The molecule has 5 rings (SSSR count). The van der Waals surface area contributed by atoms with Crippen LogP contribution in [-0.4, -0.2) is 23.3 Å². The second-order valence-corrected chi connectivity index (χ2v) is 9.65. The topological polar surface area (TPSA) is 68.2 Å². The number of para-hydroxylation sites is 1. The first-order valence-corrected chi connectivity index (χ1v) is 11.3. The Kier molecular flexibility index (Phi) is 5.04. The lowest BCUT2D eigenvalue weighted by Crippen LogP contribution is -2.48. The summed E-state index contributed by atoms with van der Waals surface area (Å²) < 4.78 is 5.59. The number of oxime groups is 1. The molecular formula is C28H26N2O4. The Hall–Kier alpha value is -3.93. The van der Waals surface area contributed by atoms with Crippen LogP contribution in [0.15, 0.2) is 84.0 Å². The van der Waals surface area contributed by atoms with Gasteiger partial charge < -0.3 is 9.57 Å². The maximum Gasteiger partial charge on any atom is 0.421 e. The van der Waals surface area contributed by atoms with Crippen molar-refractivity contribution in [2.45, 2.75) is 44.8 Å². The molecule has 0 bridgehead atoms. The van der Waals surface area contributed by atoms with Gasteiger partial charge in [-0.05, 0) is 39.3 Å². The summed E-state index contributed by atoms with van der Waals surface area (Å²) in [6, 6.07) is 24.8. The van der Waals surface area contributed by atoms with Gasteiger partial charge in [0, 0.05) is 11.1 Å². The lowest BCUT2D eigenvalue weighted by molar-refractivity contribution is -0.141. The number of hydrogen-bond acceptors (Lipinski definition) is 5. The van der Waals surface area contributed by atoms with Crippen molar-refractivity contribution in [3.8, 4) is 0 Å². The van der Waals surface area contributed by atoms with Gasteiger partial charge in [-0.1, -0.05) is 83.5 Å². The molecule has 0 radical (unpaired) electrons. The molecule has 3 aromatic carbocycles. The highest BCUT2D eigenvalue weighted by atomic mass is 16.7. The van der Waals surface area contributed by atoms with E-state index in [1.54, 1.807) is 32.9 Å². The summed E-state index contributed by atoms with van der Waals surface area (Å²) in [6.07, 6.45) is -0.735. The van der Waals surface area contributed by atoms with E-state index in [9.17, 15) is 9.59 Å². The fourth-order valence-electron chi connectivity index (χ4n) is 4.63. The van der Waals surface area contributed by atoms with Gasteiger partial charge in [0.25, 0.3) is 11.5 Å². The number of imide groups is 1. The van der Waals surface area contributed by atoms with Crippen LogP contribution in [0.25, 0.3) is 0 Å². The van der Waals surface area contributed by atoms with E-state index in [0.717, 1.165) is 21.6 Å². The molecule has 6 heteroatoms. The van der Waals surface area contributed by atoms with E-state index in [1.165, 1.54) is 0 Å². The minimum absolute atomic E-state index is 0.447. The van der Waals surface area contributed by atoms with Crippen molar-refractivity contribution in [1.29, 1.82) is 0 Å². The number of aryl methyl sites for hydroxylation is 1. The van der Waals surface area contributed by atoms with Crippen molar-refractivity contribution in [2.24, 2.45) is 5.16 Å². The summed E-state index contributed by atoms with van der Waals surface area (Å²) in [6.45, 7) is 7.32. The zero-order valence-electron chi connectivity index (χ0n) is 19.6. The zero-order chi connectivity index (χ0) is 24.1. The van der Waals surface area contributed by atoms with Gasteiger partial charge in [0.1, 0.15) is 5.60 Å². The van der Waals surface area contributed by atoms with E-state index < -0.39 is 29.1 Å². The molecule has 2 atom stereocenters. The number of ether oxygens (including phenoxy) is 1. The first-order chi connectivity index (χ1) is 16.2. The van der Waals surface area contributed by atoms with E-state index in [1.807, 2.05) is 73.7 Å². The number of amides is 2. The van der Waals surface area contributed by atoms with E-state index >= 15 is 0 Å². The number of fused-ring (bicyclic) bond motifs is 2. The summed E-state index contributed by atoms with van der Waals surface area (Å²) in [5.74, 6) is -1.07. The molecule has 1 spiro atoms. The van der Waals surface area contributed by atoms with E-state index in [4.69, 9.17) is 9.57 Å². The van der Waals surface area contributed by atoms with Crippen LogP contribution < -0.4 is 4.90 Å². The Bertz CT molecular complexity index is 1290. The largest absolute Gasteiger partial charge is 0.443 e. The molecule has 0 aromatic heterocycles. The van der Waals surface area contributed by atoms with Gasteiger partial charge in [0.15, 0.2) is 0 Å². The van der Waals surface area contributed by atoms with Crippen LogP contribution in [0.2, 0.25) is 0 Å². The Morgan fingerprint density at radius 3 is 2.29 bits per heavy atom. The lowest BCUT2D eigenvalue weighted by Gasteiger charge is -2.29. The van der Waals surface area contributed by atoms with Gasteiger partial charge in [-0.2, -0.15) is 0 Å². The first-order valence-electron chi connectivity index (χ1n) is 11.3. The molecule has 2 amide bonds. The standard InChI is InChI=1S/C28H26N2O4/c1-18-14-16-20(17-15-18)24-23(19-10-6-5-7-11-19)28(34-29-24)21-12-8-9-13-22(21)30(25(28)31)26(32)33-27(2,3)4/h5-17,23H,1-4H3. The number of anilines is 1. The third kappa shape index (κ3) is 3.37. The van der Waals surface area contributed by atoms with Gasteiger partial charge >= 0.3 is 6.09 Å². The Morgan fingerprint density at radius 2 is 1.62 bits per heavy atom. The molecular weight excluding hydrogens is 428 g/mol. The molecule has 3 aromatic rings. The number of carbonyl (C=O) groups excluding carboxylic acids is 2. The molecule has 2 heterocycles. The van der Waals surface area contributed by atoms with Crippen molar-refractivity contribution >= 4 is 23.4 Å². The van der Waals surface area contributed by atoms with Gasteiger partial charge in [-0.25, -0.2) is 9.69 Å². The number of hydrogen-bond donors (Lipinski definition) is 0. The number of rotatable bonds is 2. The highest BCUT2D eigenvalue weighted by Crippen LogP contribution is 2.55. The average molecular weight is 455 g/mol. The minimum Gasteiger partial charge on any atom is -0.443 e. The second kappa shape index (κ2) is 7.83. The van der Waals surface area contributed by atoms with E-state index in [-0.39, 0.29) is 0 Å². The van der Waals surface area contributed by atoms with Gasteiger partial charge in [-0.15, -0.1) is 0 Å². The Balaban J connectivity index is 1.69. The highest BCUT2D eigenvalue weighted by molar-refractivity contribution is 6.24. The predicted octanol–water partition coefficient (Wildman–Crippen LogP) is 5.69. The van der Waals surface area contributed by atoms with Crippen molar-refractivity contribution in [1.82, 2.24) is 0 Å². The summed E-state index contributed by atoms with van der Waals surface area (Å²) in [5, 5.41) is 4.46. The zero-order valence-corrected chi connectivity index (χ0v) is 19.6. The normalized spacial score (nSPS) is 21.3. The van der Waals surface area contributed by atoms with Crippen molar-refractivity contribution in [3.05, 3.63) is 101 Å². The van der Waals surface area contributed by atoms with Gasteiger partial charge in [-0.3, -0.25) is 4.79 Å². The number of carbonyl (C=O) groups is 2. The van der Waals surface area contributed by atoms with Crippen molar-refractivity contribution in [2.75, 3.05) is 4.90 Å². The first kappa shape index (κ1) is 21.9. The van der Waals surface area contributed by atoms with Crippen LogP contribution in [0.3, 0.4) is 0 Å². The van der Waals surface area contributed by atoms with Crippen LogP contribution in [0.5, 0.6) is 0 Å². The molecule has 2 unspecified atom stereocenters. The molecule has 0 saturated heterocycles. The summed E-state index contributed by atoms with van der Waals surface area (Å²) >= 11 is 0. The van der Waals surface area contributed by atoms with Gasteiger partial charge in [0.2, 0.25) is 0 Å². The maximum absolute atomic E-state index is 14.2. The summed E-state index contributed by atoms with van der Waals surface area (Å²) in [4.78, 5) is 34.5. The average Bonchev–Trinajstić information content (AvgIpc) is 3.31. The molecule has 34 heavy (non-hydrogen) atoms. The molecule has 0 aliphatic carbocycles. The molecule has 172 valence electrons. The second-order valence-electron chi connectivity index (χ2n) is 9.65. The van der Waals surface area contributed by atoms with E-state index in [0.29, 0.717) is 17.0 Å².